The standard InChI is InChI=1S/C20H17FN4O3/c21-13-3-8-16-17(10-13)22-12-24(20(16)28)11-18(26)23-14-4-6-15(7-5-14)25-9-1-2-19(25)27/h3-8,10,12H,1-2,9,11H2,(H,23,26). The van der Waals surface area contributed by atoms with Crippen molar-refractivity contribution in [2.75, 3.05) is 16.8 Å². The maximum atomic E-state index is 13.2. The van der Waals surface area contributed by atoms with E-state index in [2.05, 4.69) is 10.3 Å². The van der Waals surface area contributed by atoms with Crippen LogP contribution in [0.2, 0.25) is 0 Å². The van der Waals surface area contributed by atoms with Gasteiger partial charge in [-0.25, -0.2) is 9.37 Å². The van der Waals surface area contributed by atoms with Crippen LogP contribution in [0, 0.1) is 5.82 Å². The Morgan fingerprint density at radius 2 is 1.93 bits per heavy atom. The fourth-order valence-electron chi connectivity index (χ4n) is 3.25. The molecule has 1 aliphatic rings. The minimum Gasteiger partial charge on any atom is -0.325 e. The van der Waals surface area contributed by atoms with Gasteiger partial charge in [0.25, 0.3) is 5.56 Å². The number of benzene rings is 2. The minimum absolute atomic E-state index is 0.0971. The van der Waals surface area contributed by atoms with E-state index < -0.39 is 17.3 Å². The number of rotatable bonds is 4. The highest BCUT2D eigenvalue weighted by molar-refractivity contribution is 5.96. The molecule has 1 aromatic heterocycles. The molecule has 2 heterocycles. The maximum Gasteiger partial charge on any atom is 0.261 e. The Labute approximate surface area is 159 Å². The third-order valence-corrected chi connectivity index (χ3v) is 4.64. The summed E-state index contributed by atoms with van der Waals surface area (Å²) in [5, 5.41) is 2.96. The van der Waals surface area contributed by atoms with Crippen molar-refractivity contribution in [2.45, 2.75) is 19.4 Å². The largest absolute Gasteiger partial charge is 0.325 e. The van der Waals surface area contributed by atoms with Gasteiger partial charge in [-0.2, -0.15) is 0 Å². The predicted octanol–water partition coefficient (Wildman–Crippen LogP) is 2.30. The number of fused-ring (bicyclic) bond motifs is 1. The molecule has 142 valence electrons. The molecule has 1 aliphatic heterocycles. The van der Waals surface area contributed by atoms with Gasteiger partial charge in [-0.15, -0.1) is 0 Å². The summed E-state index contributed by atoms with van der Waals surface area (Å²) in [6.45, 7) is 0.484. The molecule has 0 aliphatic carbocycles. The van der Waals surface area contributed by atoms with Gasteiger partial charge >= 0.3 is 0 Å². The van der Waals surface area contributed by atoms with Crippen molar-refractivity contribution in [1.29, 1.82) is 0 Å². The lowest BCUT2D eigenvalue weighted by molar-refractivity contribution is -0.117. The Morgan fingerprint density at radius 3 is 2.64 bits per heavy atom. The first-order chi connectivity index (χ1) is 13.5. The van der Waals surface area contributed by atoms with Crippen LogP contribution in [0.5, 0.6) is 0 Å². The number of nitrogens with zero attached hydrogens (tertiary/aromatic N) is 3. The molecule has 1 N–H and O–H groups in total. The topological polar surface area (TPSA) is 84.3 Å². The van der Waals surface area contributed by atoms with Crippen LogP contribution in [-0.2, 0) is 16.1 Å². The summed E-state index contributed by atoms with van der Waals surface area (Å²) in [6, 6.07) is 10.7. The first-order valence-electron chi connectivity index (χ1n) is 8.86. The summed E-state index contributed by atoms with van der Waals surface area (Å²) in [4.78, 5) is 42.3. The van der Waals surface area contributed by atoms with Crippen LogP contribution in [0.3, 0.4) is 0 Å². The molecule has 0 spiro atoms. The lowest BCUT2D eigenvalue weighted by Gasteiger charge is -2.16. The van der Waals surface area contributed by atoms with E-state index >= 15 is 0 Å². The van der Waals surface area contributed by atoms with Crippen LogP contribution in [-0.4, -0.2) is 27.9 Å². The Bertz CT molecular complexity index is 1120. The molecule has 1 fully saturated rings. The number of nitrogens with one attached hydrogen (secondary N) is 1. The highest BCUT2D eigenvalue weighted by atomic mass is 19.1. The van der Waals surface area contributed by atoms with E-state index in [4.69, 9.17) is 0 Å². The van der Waals surface area contributed by atoms with Crippen LogP contribution in [0.1, 0.15) is 12.8 Å². The van der Waals surface area contributed by atoms with Gasteiger partial charge in [0, 0.05) is 30.4 Å². The average molecular weight is 380 g/mol. The average Bonchev–Trinajstić information content (AvgIpc) is 3.10. The number of amides is 2. The van der Waals surface area contributed by atoms with Gasteiger partial charge < -0.3 is 10.2 Å². The van der Waals surface area contributed by atoms with Gasteiger partial charge in [-0.05, 0) is 42.8 Å². The van der Waals surface area contributed by atoms with E-state index in [1.807, 2.05) is 0 Å². The predicted molar refractivity (Wildman–Crippen MR) is 103 cm³/mol. The first kappa shape index (κ1) is 17.8. The van der Waals surface area contributed by atoms with Crippen molar-refractivity contribution in [2.24, 2.45) is 0 Å². The van der Waals surface area contributed by atoms with Gasteiger partial charge in [-0.3, -0.25) is 19.0 Å². The van der Waals surface area contributed by atoms with Crippen LogP contribution >= 0.6 is 0 Å². The number of carbonyl (C=O) groups is 2. The van der Waals surface area contributed by atoms with Crippen molar-refractivity contribution in [3.8, 4) is 0 Å². The Kier molecular flexibility index (Phi) is 4.60. The molecule has 2 aromatic carbocycles. The van der Waals surface area contributed by atoms with Crippen LogP contribution in [0.4, 0.5) is 15.8 Å². The Morgan fingerprint density at radius 1 is 1.14 bits per heavy atom. The lowest BCUT2D eigenvalue weighted by atomic mass is 10.2. The zero-order valence-electron chi connectivity index (χ0n) is 14.9. The van der Waals surface area contributed by atoms with Gasteiger partial charge in [-0.1, -0.05) is 0 Å². The maximum absolute atomic E-state index is 13.2. The monoisotopic (exact) mass is 380 g/mol. The molecule has 0 bridgehead atoms. The second-order valence-corrected chi connectivity index (χ2v) is 6.58. The molecular weight excluding hydrogens is 363 g/mol. The number of hydrogen-bond donors (Lipinski definition) is 1. The zero-order chi connectivity index (χ0) is 19.7. The third kappa shape index (κ3) is 3.48. The highest BCUT2D eigenvalue weighted by Crippen LogP contribution is 2.23. The van der Waals surface area contributed by atoms with E-state index in [1.54, 1.807) is 29.2 Å². The molecule has 1 saturated heterocycles. The number of aromatic nitrogens is 2. The molecule has 4 rings (SSSR count). The summed E-state index contributed by atoms with van der Waals surface area (Å²) >= 11 is 0. The molecule has 0 unspecified atom stereocenters. The molecule has 28 heavy (non-hydrogen) atoms. The quantitative estimate of drug-likeness (QED) is 0.753. The van der Waals surface area contributed by atoms with Crippen molar-refractivity contribution in [3.05, 3.63) is 65.0 Å². The van der Waals surface area contributed by atoms with Gasteiger partial charge in [0.05, 0.1) is 17.2 Å². The van der Waals surface area contributed by atoms with E-state index in [9.17, 15) is 18.8 Å². The molecule has 0 saturated carbocycles. The first-order valence-corrected chi connectivity index (χ1v) is 8.86. The molecule has 2 amide bonds. The minimum atomic E-state index is -0.478. The van der Waals surface area contributed by atoms with E-state index in [0.29, 0.717) is 18.7 Å². The zero-order valence-corrected chi connectivity index (χ0v) is 14.9. The van der Waals surface area contributed by atoms with Crippen molar-refractivity contribution >= 4 is 34.1 Å². The van der Waals surface area contributed by atoms with Crippen LogP contribution in [0.25, 0.3) is 10.9 Å². The normalized spacial score (nSPS) is 13.9. The van der Waals surface area contributed by atoms with E-state index in [1.165, 1.54) is 29.1 Å². The third-order valence-electron chi connectivity index (χ3n) is 4.64. The van der Waals surface area contributed by atoms with Gasteiger partial charge in [0.2, 0.25) is 11.8 Å². The fourth-order valence-corrected chi connectivity index (χ4v) is 3.25. The second-order valence-electron chi connectivity index (χ2n) is 6.58. The summed E-state index contributed by atoms with van der Waals surface area (Å²) in [7, 11) is 0. The summed E-state index contributed by atoms with van der Waals surface area (Å²) in [5.41, 5.74) is 1.18. The Balaban J connectivity index is 1.46. The number of carbonyl (C=O) groups excluding carboxylic acids is 2. The Hall–Kier alpha value is -3.55. The summed E-state index contributed by atoms with van der Waals surface area (Å²) in [6.07, 6.45) is 2.63. The van der Waals surface area contributed by atoms with E-state index in [0.717, 1.165) is 12.1 Å². The number of hydrogen-bond acceptors (Lipinski definition) is 4. The van der Waals surface area contributed by atoms with Gasteiger partial charge in [0.1, 0.15) is 12.4 Å². The summed E-state index contributed by atoms with van der Waals surface area (Å²) in [5.74, 6) is -0.774. The molecular formula is C20H17FN4O3. The molecule has 3 aromatic rings. The SMILES string of the molecule is O=C(Cn1cnc2cc(F)ccc2c1=O)Nc1ccc(N2CCCC2=O)cc1. The number of halogens is 1. The fraction of sp³-hybridized carbons (Fsp3) is 0.200. The van der Waals surface area contributed by atoms with Crippen molar-refractivity contribution in [3.63, 3.8) is 0 Å². The van der Waals surface area contributed by atoms with Crippen LogP contribution in [0.15, 0.2) is 53.6 Å². The van der Waals surface area contributed by atoms with Crippen LogP contribution < -0.4 is 15.8 Å². The lowest BCUT2D eigenvalue weighted by Crippen LogP contribution is -2.28. The summed E-state index contributed by atoms with van der Waals surface area (Å²) < 4.78 is 14.4. The van der Waals surface area contributed by atoms with Gasteiger partial charge in [0.15, 0.2) is 0 Å². The second kappa shape index (κ2) is 7.22. The smallest absolute Gasteiger partial charge is 0.261 e. The van der Waals surface area contributed by atoms with Crippen molar-refractivity contribution < 1.29 is 14.0 Å². The van der Waals surface area contributed by atoms with E-state index in [-0.39, 0.29) is 23.4 Å². The molecule has 7 nitrogen and oxygen atoms in total. The number of anilines is 2. The molecule has 8 heteroatoms. The highest BCUT2D eigenvalue weighted by Gasteiger charge is 2.21. The molecule has 0 radical (unpaired) electrons. The molecule has 0 atom stereocenters. The van der Waals surface area contributed by atoms with Crippen molar-refractivity contribution in [1.82, 2.24) is 9.55 Å².